The second-order valence-electron chi connectivity index (χ2n) is 13.2. The van der Waals surface area contributed by atoms with E-state index in [0.717, 1.165) is 55.3 Å². The minimum absolute atomic E-state index is 0.0766. The first kappa shape index (κ1) is 31.3. The topological polar surface area (TPSA) is 98.0 Å². The van der Waals surface area contributed by atoms with Crippen molar-refractivity contribution in [2.24, 2.45) is 46.3 Å². The molecule has 0 amide bonds. The van der Waals surface area contributed by atoms with Crippen LogP contribution in [0, 0.1) is 46.3 Å². The third kappa shape index (κ3) is 7.35. The molecule has 0 spiro atoms. The monoisotopic (exact) mass is 508 g/mol. The Balaban J connectivity index is 0.000000501. The van der Waals surface area contributed by atoms with Crippen molar-refractivity contribution >= 4 is 5.97 Å². The van der Waals surface area contributed by atoms with E-state index in [4.69, 9.17) is 20.1 Å². The summed E-state index contributed by atoms with van der Waals surface area (Å²) in [5.74, 6) is 4.62. The molecule has 8 atom stereocenters. The fourth-order valence-electron chi connectivity index (χ4n) is 8.67. The van der Waals surface area contributed by atoms with Crippen LogP contribution in [0.5, 0.6) is 0 Å². The van der Waals surface area contributed by atoms with Crippen molar-refractivity contribution in [3.8, 4) is 0 Å². The van der Waals surface area contributed by atoms with Crippen molar-refractivity contribution in [1.29, 1.82) is 0 Å². The summed E-state index contributed by atoms with van der Waals surface area (Å²) in [5.41, 5.74) is 2.60. The van der Waals surface area contributed by atoms with Crippen LogP contribution in [0.1, 0.15) is 112 Å². The Kier molecular flexibility index (Phi) is 12.0. The summed E-state index contributed by atoms with van der Waals surface area (Å²) in [6.45, 7) is 13.4. The van der Waals surface area contributed by atoms with Gasteiger partial charge in [0.1, 0.15) is 0 Å². The number of aliphatic hydroxyl groups excluding tert-OH is 3. The van der Waals surface area contributed by atoms with Gasteiger partial charge in [-0.3, -0.25) is 4.79 Å². The average Bonchev–Trinajstić information content (AvgIpc) is 3.16. The molecule has 0 aliphatic heterocycles. The first-order chi connectivity index (χ1) is 16.9. The number of carboxylic acids is 1. The van der Waals surface area contributed by atoms with Crippen molar-refractivity contribution in [3.05, 3.63) is 11.6 Å². The van der Waals surface area contributed by atoms with Crippen LogP contribution in [-0.4, -0.2) is 45.7 Å². The Morgan fingerprint density at radius 1 is 1.00 bits per heavy atom. The molecule has 3 saturated carbocycles. The third-order valence-corrected chi connectivity index (χ3v) is 10.4. The Bertz CT molecular complexity index is 712. The van der Waals surface area contributed by atoms with Gasteiger partial charge in [-0.15, -0.1) is 0 Å². The van der Waals surface area contributed by atoms with E-state index in [-0.39, 0.29) is 19.3 Å². The van der Waals surface area contributed by atoms with Crippen LogP contribution in [0.2, 0.25) is 0 Å². The van der Waals surface area contributed by atoms with Crippen LogP contribution in [-0.2, 0) is 4.79 Å². The highest BCUT2D eigenvalue weighted by Gasteiger charge is 2.59. The summed E-state index contributed by atoms with van der Waals surface area (Å²) in [4.78, 5) is 9.00. The highest BCUT2D eigenvalue weighted by atomic mass is 16.4. The van der Waals surface area contributed by atoms with E-state index in [2.05, 4.69) is 40.7 Å². The molecule has 3 fully saturated rings. The molecule has 4 aliphatic carbocycles. The molecular weight excluding hydrogens is 452 g/mol. The summed E-state index contributed by atoms with van der Waals surface area (Å²) in [6, 6.07) is 0. The zero-order valence-corrected chi connectivity index (χ0v) is 24.0. The molecule has 0 radical (unpaired) electrons. The zero-order valence-electron chi connectivity index (χ0n) is 24.0. The van der Waals surface area contributed by atoms with Gasteiger partial charge < -0.3 is 20.4 Å². The number of rotatable bonds is 6. The van der Waals surface area contributed by atoms with Crippen LogP contribution in [0.15, 0.2) is 11.6 Å². The van der Waals surface area contributed by atoms with E-state index in [1.54, 1.807) is 5.57 Å². The molecule has 0 saturated heterocycles. The first-order valence-electron chi connectivity index (χ1n) is 14.7. The number of hydrogen-bond acceptors (Lipinski definition) is 4. The number of carboxylic acid groups (broad SMARTS) is 1. The molecule has 36 heavy (non-hydrogen) atoms. The lowest BCUT2D eigenvalue weighted by Crippen LogP contribution is -2.50. The maximum absolute atomic E-state index is 10.2. The molecule has 4 aliphatic rings. The second kappa shape index (κ2) is 13.8. The Labute approximate surface area is 220 Å². The van der Waals surface area contributed by atoms with Crippen LogP contribution in [0.25, 0.3) is 0 Å². The standard InChI is InChI=1S/C27H46O.C2H4O2.C2H6O2/c1-18(2)7-6-8-19(3)23-11-12-24-22-10-9-20-17-21(28)13-15-26(20,4)25(22)14-16-27(23,24)5;1-2(3)4;3-1-2-4/h9,18-19,21-25,28H,6-8,10-17H2,1-5H3;1H3,(H,3,4);3-4H,1-2H2/t19?,21-,22-,23+,24-,25-,26-,27+;;/m0../s1. The number of allylic oxidation sites excluding steroid dienone is 1. The smallest absolute Gasteiger partial charge is 0.300 e. The van der Waals surface area contributed by atoms with Crippen LogP contribution < -0.4 is 0 Å². The molecule has 210 valence electrons. The Morgan fingerprint density at radius 3 is 2.22 bits per heavy atom. The summed E-state index contributed by atoms with van der Waals surface area (Å²) >= 11 is 0. The zero-order chi connectivity index (χ0) is 27.1. The van der Waals surface area contributed by atoms with Crippen molar-refractivity contribution in [3.63, 3.8) is 0 Å². The molecule has 0 bridgehead atoms. The van der Waals surface area contributed by atoms with Crippen molar-refractivity contribution in [2.45, 2.75) is 118 Å². The Morgan fingerprint density at radius 2 is 1.64 bits per heavy atom. The van der Waals surface area contributed by atoms with Gasteiger partial charge in [0.15, 0.2) is 0 Å². The first-order valence-corrected chi connectivity index (χ1v) is 14.7. The quantitative estimate of drug-likeness (QED) is 0.309. The molecular formula is C31H56O5. The molecule has 0 aromatic heterocycles. The van der Waals surface area contributed by atoms with Gasteiger partial charge in [-0.05, 0) is 97.7 Å². The predicted octanol–water partition coefficient (Wildman–Crippen LogP) is 6.45. The van der Waals surface area contributed by atoms with Gasteiger partial charge in [0.2, 0.25) is 0 Å². The van der Waals surface area contributed by atoms with E-state index in [1.165, 1.54) is 57.8 Å². The fourth-order valence-corrected chi connectivity index (χ4v) is 8.67. The number of fused-ring (bicyclic) bond motifs is 5. The second-order valence-corrected chi connectivity index (χ2v) is 13.2. The van der Waals surface area contributed by atoms with E-state index in [1.807, 2.05) is 0 Å². The number of aliphatic hydroxyl groups is 3. The normalized spacial score (nSPS) is 37.7. The van der Waals surface area contributed by atoms with E-state index in [0.29, 0.717) is 10.8 Å². The van der Waals surface area contributed by atoms with Crippen LogP contribution in [0.3, 0.4) is 0 Å². The maximum atomic E-state index is 10.2. The van der Waals surface area contributed by atoms with Gasteiger partial charge in [0.05, 0.1) is 19.3 Å². The highest BCUT2D eigenvalue weighted by molar-refractivity contribution is 5.62. The molecule has 5 nitrogen and oxygen atoms in total. The Hall–Kier alpha value is -0.910. The molecule has 4 rings (SSSR count). The molecule has 0 aromatic carbocycles. The predicted molar refractivity (Wildman–Crippen MR) is 147 cm³/mol. The maximum Gasteiger partial charge on any atom is 0.300 e. The summed E-state index contributed by atoms with van der Waals surface area (Å²) in [7, 11) is 0. The third-order valence-electron chi connectivity index (χ3n) is 10.4. The minimum atomic E-state index is -0.833. The lowest BCUT2D eigenvalue weighted by Gasteiger charge is -2.58. The summed E-state index contributed by atoms with van der Waals surface area (Å²) in [6.07, 6.45) is 17.2. The largest absolute Gasteiger partial charge is 0.481 e. The van der Waals surface area contributed by atoms with E-state index in [9.17, 15) is 5.11 Å². The molecule has 4 N–H and O–H groups in total. The van der Waals surface area contributed by atoms with Crippen molar-refractivity contribution in [2.75, 3.05) is 13.2 Å². The number of carbonyl (C=O) groups is 1. The lowest BCUT2D eigenvalue weighted by atomic mass is 9.47. The van der Waals surface area contributed by atoms with E-state index >= 15 is 0 Å². The van der Waals surface area contributed by atoms with Gasteiger partial charge in [-0.25, -0.2) is 0 Å². The molecule has 0 aromatic rings. The summed E-state index contributed by atoms with van der Waals surface area (Å²) in [5, 5.41) is 32.9. The minimum Gasteiger partial charge on any atom is -0.481 e. The lowest BCUT2D eigenvalue weighted by molar-refractivity contribution is -0.134. The molecule has 0 heterocycles. The summed E-state index contributed by atoms with van der Waals surface area (Å²) < 4.78 is 0. The number of aliphatic carboxylic acids is 1. The van der Waals surface area contributed by atoms with Crippen molar-refractivity contribution < 1.29 is 25.2 Å². The van der Waals surface area contributed by atoms with Gasteiger partial charge in [-0.1, -0.05) is 65.5 Å². The molecule has 5 heteroatoms. The fraction of sp³-hybridized carbons (Fsp3) is 0.903. The molecule has 1 unspecified atom stereocenters. The van der Waals surface area contributed by atoms with E-state index < -0.39 is 5.97 Å². The highest BCUT2D eigenvalue weighted by Crippen LogP contribution is 2.67. The average molecular weight is 509 g/mol. The van der Waals surface area contributed by atoms with Crippen LogP contribution >= 0.6 is 0 Å². The SMILES string of the molecule is CC(=O)O.CC(C)CCCC(C)[C@H]1CC[C@H]2[C@@H]3CC=C4C[C@@H](O)CC[C@]4(C)[C@H]3CC[C@]12C.OCCO. The van der Waals surface area contributed by atoms with Gasteiger partial charge in [0.25, 0.3) is 5.97 Å². The van der Waals surface area contributed by atoms with Gasteiger partial charge in [-0.2, -0.15) is 0 Å². The van der Waals surface area contributed by atoms with Crippen LogP contribution in [0.4, 0.5) is 0 Å². The van der Waals surface area contributed by atoms with Gasteiger partial charge in [0, 0.05) is 6.92 Å². The number of hydrogen-bond donors (Lipinski definition) is 4. The van der Waals surface area contributed by atoms with Gasteiger partial charge >= 0.3 is 0 Å². The van der Waals surface area contributed by atoms with Crippen molar-refractivity contribution in [1.82, 2.24) is 0 Å².